The molecule has 0 radical (unpaired) electrons. The van der Waals surface area contributed by atoms with Crippen LogP contribution in [0.1, 0.15) is 19.4 Å². The maximum absolute atomic E-state index is 12.3. The molecule has 140 valence electrons. The van der Waals surface area contributed by atoms with E-state index in [0.717, 1.165) is 15.8 Å². The van der Waals surface area contributed by atoms with Gasteiger partial charge >= 0.3 is 0 Å². The van der Waals surface area contributed by atoms with Gasteiger partial charge in [0, 0.05) is 17.7 Å². The van der Waals surface area contributed by atoms with Crippen molar-refractivity contribution in [2.24, 2.45) is 5.92 Å². The van der Waals surface area contributed by atoms with Crippen molar-refractivity contribution in [1.82, 2.24) is 4.98 Å². The highest BCUT2D eigenvalue weighted by atomic mass is 32.1. The van der Waals surface area contributed by atoms with Gasteiger partial charge in [-0.1, -0.05) is 37.3 Å². The van der Waals surface area contributed by atoms with Gasteiger partial charge in [0.1, 0.15) is 5.75 Å². The Balaban J connectivity index is 1.69. The number of anilines is 2. The quantitative estimate of drug-likeness (QED) is 0.672. The second-order valence-corrected chi connectivity index (χ2v) is 7.45. The van der Waals surface area contributed by atoms with Gasteiger partial charge in [0.05, 0.1) is 23.7 Å². The summed E-state index contributed by atoms with van der Waals surface area (Å²) in [5.74, 6) is 0.412. The fraction of sp³-hybridized carbons (Fsp3) is 0.250. The molecule has 0 spiro atoms. The summed E-state index contributed by atoms with van der Waals surface area (Å²) in [4.78, 5) is 28.6. The lowest BCUT2D eigenvalue weighted by molar-refractivity contribution is -0.119. The van der Waals surface area contributed by atoms with E-state index in [0.29, 0.717) is 16.6 Å². The van der Waals surface area contributed by atoms with Gasteiger partial charge in [-0.15, -0.1) is 0 Å². The van der Waals surface area contributed by atoms with Crippen LogP contribution in [-0.2, 0) is 16.0 Å². The van der Waals surface area contributed by atoms with Crippen molar-refractivity contribution in [2.75, 3.05) is 17.7 Å². The van der Waals surface area contributed by atoms with Crippen LogP contribution in [-0.4, -0.2) is 23.9 Å². The molecule has 3 aromatic rings. The molecule has 1 aromatic heterocycles. The number of hydrogen-bond donors (Lipinski definition) is 2. The van der Waals surface area contributed by atoms with E-state index in [1.54, 1.807) is 13.2 Å². The lowest BCUT2D eigenvalue weighted by atomic mass is 10.1. The summed E-state index contributed by atoms with van der Waals surface area (Å²) in [5.41, 5.74) is 2.38. The Morgan fingerprint density at radius 1 is 1.15 bits per heavy atom. The van der Waals surface area contributed by atoms with Crippen molar-refractivity contribution >= 4 is 44.2 Å². The van der Waals surface area contributed by atoms with E-state index in [1.807, 2.05) is 50.2 Å². The summed E-state index contributed by atoms with van der Waals surface area (Å²) in [6.45, 7) is 3.67. The smallest absolute Gasteiger partial charge is 0.228 e. The second kappa shape index (κ2) is 8.18. The number of hydrogen-bond acceptors (Lipinski definition) is 5. The first-order valence-corrected chi connectivity index (χ1v) is 9.40. The average molecular weight is 383 g/mol. The molecule has 0 aliphatic carbocycles. The number of ether oxygens (including phenoxy) is 1. The Labute approximate surface area is 161 Å². The molecule has 3 rings (SSSR count). The first kappa shape index (κ1) is 18.8. The number of benzene rings is 2. The number of amides is 2. The number of methoxy groups -OCH3 is 1. The fourth-order valence-electron chi connectivity index (χ4n) is 2.47. The largest absolute Gasteiger partial charge is 0.497 e. The number of carbonyl (C=O) groups is 2. The van der Waals surface area contributed by atoms with Gasteiger partial charge < -0.3 is 15.4 Å². The highest BCUT2D eigenvalue weighted by Gasteiger charge is 2.12. The van der Waals surface area contributed by atoms with Crippen molar-refractivity contribution in [3.05, 3.63) is 48.0 Å². The molecule has 2 aromatic carbocycles. The summed E-state index contributed by atoms with van der Waals surface area (Å²) < 4.78 is 6.09. The Morgan fingerprint density at radius 3 is 2.70 bits per heavy atom. The van der Waals surface area contributed by atoms with Crippen LogP contribution in [0.5, 0.6) is 5.75 Å². The van der Waals surface area contributed by atoms with Crippen LogP contribution in [0.4, 0.5) is 10.8 Å². The monoisotopic (exact) mass is 383 g/mol. The molecule has 0 bridgehead atoms. The van der Waals surface area contributed by atoms with E-state index < -0.39 is 0 Å². The highest BCUT2D eigenvalue weighted by molar-refractivity contribution is 7.22. The lowest BCUT2D eigenvalue weighted by Crippen LogP contribution is -2.17. The van der Waals surface area contributed by atoms with E-state index in [2.05, 4.69) is 15.6 Å². The van der Waals surface area contributed by atoms with E-state index in [4.69, 9.17) is 4.74 Å². The maximum atomic E-state index is 12.3. The molecule has 0 fully saturated rings. The molecule has 2 N–H and O–H groups in total. The SMILES string of the molecule is COc1cccc(NC(=O)Cc2ccc3nc(NC(=O)C(C)C)sc3c2)c1. The number of fused-ring (bicyclic) bond motifs is 1. The number of nitrogens with one attached hydrogen (secondary N) is 2. The van der Waals surface area contributed by atoms with Crippen molar-refractivity contribution in [3.8, 4) is 5.75 Å². The predicted molar refractivity (Wildman–Crippen MR) is 108 cm³/mol. The molecule has 0 saturated heterocycles. The van der Waals surface area contributed by atoms with Gasteiger partial charge in [-0.05, 0) is 29.8 Å². The van der Waals surface area contributed by atoms with Crippen molar-refractivity contribution < 1.29 is 14.3 Å². The summed E-state index contributed by atoms with van der Waals surface area (Å²) in [6.07, 6.45) is 0.249. The number of nitrogens with zero attached hydrogens (tertiary/aromatic N) is 1. The van der Waals surface area contributed by atoms with Crippen molar-refractivity contribution in [1.29, 1.82) is 0 Å². The third-order valence-electron chi connectivity index (χ3n) is 3.93. The Bertz CT molecular complexity index is 982. The zero-order chi connectivity index (χ0) is 19.4. The molecule has 0 aliphatic rings. The van der Waals surface area contributed by atoms with Crippen LogP contribution < -0.4 is 15.4 Å². The predicted octanol–water partition coefficient (Wildman–Crippen LogP) is 4.08. The number of thiazole rings is 1. The van der Waals surface area contributed by atoms with Gasteiger partial charge in [-0.2, -0.15) is 0 Å². The topological polar surface area (TPSA) is 80.3 Å². The summed E-state index contributed by atoms with van der Waals surface area (Å²) in [7, 11) is 1.59. The summed E-state index contributed by atoms with van der Waals surface area (Å²) >= 11 is 1.40. The first-order valence-electron chi connectivity index (χ1n) is 8.59. The van der Waals surface area contributed by atoms with Crippen LogP contribution in [0.2, 0.25) is 0 Å². The zero-order valence-corrected chi connectivity index (χ0v) is 16.2. The summed E-state index contributed by atoms with van der Waals surface area (Å²) in [5, 5.41) is 6.25. The molecule has 0 aliphatic heterocycles. The normalized spacial score (nSPS) is 10.8. The van der Waals surface area contributed by atoms with Crippen LogP contribution in [0.3, 0.4) is 0 Å². The minimum atomic E-state index is -0.111. The van der Waals surface area contributed by atoms with Crippen LogP contribution in [0.15, 0.2) is 42.5 Å². The van der Waals surface area contributed by atoms with Crippen LogP contribution >= 0.6 is 11.3 Å². The van der Waals surface area contributed by atoms with E-state index in [1.165, 1.54) is 11.3 Å². The minimum absolute atomic E-state index is 0.0630. The molecule has 0 unspecified atom stereocenters. The second-order valence-electron chi connectivity index (χ2n) is 6.42. The Kier molecular flexibility index (Phi) is 5.71. The molecular weight excluding hydrogens is 362 g/mol. The molecule has 6 nitrogen and oxygen atoms in total. The van der Waals surface area contributed by atoms with Gasteiger partial charge in [0.15, 0.2) is 5.13 Å². The number of carbonyl (C=O) groups excluding carboxylic acids is 2. The fourth-order valence-corrected chi connectivity index (χ4v) is 3.41. The molecule has 27 heavy (non-hydrogen) atoms. The van der Waals surface area contributed by atoms with E-state index in [9.17, 15) is 9.59 Å². The minimum Gasteiger partial charge on any atom is -0.497 e. The standard InChI is InChI=1S/C20H21N3O3S/c1-12(2)19(25)23-20-22-16-8-7-13(9-17(16)27-20)10-18(24)21-14-5-4-6-15(11-14)26-3/h4-9,11-12H,10H2,1-3H3,(H,21,24)(H,22,23,25). The third-order valence-corrected chi connectivity index (χ3v) is 4.86. The molecule has 2 amide bonds. The van der Waals surface area contributed by atoms with Gasteiger partial charge in [0.25, 0.3) is 0 Å². The van der Waals surface area contributed by atoms with E-state index >= 15 is 0 Å². The van der Waals surface area contributed by atoms with Gasteiger partial charge in [-0.25, -0.2) is 4.98 Å². The zero-order valence-electron chi connectivity index (χ0n) is 15.4. The van der Waals surface area contributed by atoms with E-state index in [-0.39, 0.29) is 24.2 Å². The van der Waals surface area contributed by atoms with Crippen LogP contribution in [0.25, 0.3) is 10.2 Å². The van der Waals surface area contributed by atoms with Gasteiger partial charge in [-0.3, -0.25) is 9.59 Å². The lowest BCUT2D eigenvalue weighted by Gasteiger charge is -2.07. The summed E-state index contributed by atoms with van der Waals surface area (Å²) in [6, 6.07) is 12.9. The Morgan fingerprint density at radius 2 is 1.96 bits per heavy atom. The molecule has 7 heteroatoms. The first-order chi connectivity index (χ1) is 12.9. The van der Waals surface area contributed by atoms with Crippen molar-refractivity contribution in [2.45, 2.75) is 20.3 Å². The highest BCUT2D eigenvalue weighted by Crippen LogP contribution is 2.27. The average Bonchev–Trinajstić information content (AvgIpc) is 3.03. The number of rotatable bonds is 6. The van der Waals surface area contributed by atoms with Gasteiger partial charge in [0.2, 0.25) is 11.8 Å². The molecule has 0 saturated carbocycles. The number of aromatic nitrogens is 1. The molecule has 0 atom stereocenters. The van der Waals surface area contributed by atoms with Crippen molar-refractivity contribution in [3.63, 3.8) is 0 Å². The molecular formula is C20H21N3O3S. The van der Waals surface area contributed by atoms with Crippen LogP contribution in [0, 0.1) is 5.92 Å². The Hall–Kier alpha value is -2.93. The maximum Gasteiger partial charge on any atom is 0.228 e. The third kappa shape index (κ3) is 4.83. The molecule has 1 heterocycles.